The van der Waals surface area contributed by atoms with Crippen molar-refractivity contribution >= 4 is 27.3 Å². The lowest BCUT2D eigenvalue weighted by molar-refractivity contribution is 0.0747. The zero-order valence-corrected chi connectivity index (χ0v) is 15.0. The Kier molecular flexibility index (Phi) is 5.08. The van der Waals surface area contributed by atoms with Crippen LogP contribution in [0.15, 0.2) is 42.7 Å². The predicted molar refractivity (Wildman–Crippen MR) is 97.2 cm³/mol. The fraction of sp³-hybridized carbons (Fsp3) is 0.294. The average Bonchev–Trinajstić information content (AvgIpc) is 2.62. The summed E-state index contributed by atoms with van der Waals surface area (Å²) in [6.45, 7) is 2.16. The number of hydrogen-bond acceptors (Lipinski definition) is 5. The summed E-state index contributed by atoms with van der Waals surface area (Å²) in [6, 6.07) is 7.24. The quantitative estimate of drug-likeness (QED) is 0.873. The van der Waals surface area contributed by atoms with Crippen molar-refractivity contribution in [3.05, 3.63) is 54.1 Å². The van der Waals surface area contributed by atoms with Crippen molar-refractivity contribution in [3.8, 4) is 0 Å². The molecule has 26 heavy (non-hydrogen) atoms. The molecule has 7 nitrogen and oxygen atoms in total. The molecule has 9 heteroatoms. The van der Waals surface area contributed by atoms with Crippen LogP contribution >= 0.6 is 0 Å². The van der Waals surface area contributed by atoms with E-state index in [4.69, 9.17) is 0 Å². The Morgan fingerprint density at radius 2 is 1.77 bits per heavy atom. The molecule has 1 aromatic heterocycles. The van der Waals surface area contributed by atoms with Gasteiger partial charge in [0.25, 0.3) is 5.91 Å². The fourth-order valence-electron chi connectivity index (χ4n) is 2.88. The van der Waals surface area contributed by atoms with Crippen LogP contribution in [-0.2, 0) is 10.0 Å². The molecule has 0 spiro atoms. The van der Waals surface area contributed by atoms with Crippen LogP contribution in [0.25, 0.3) is 0 Å². The van der Waals surface area contributed by atoms with Crippen LogP contribution in [0.1, 0.15) is 10.4 Å². The van der Waals surface area contributed by atoms with Crippen LogP contribution in [0.2, 0.25) is 0 Å². The van der Waals surface area contributed by atoms with Gasteiger partial charge in [-0.3, -0.25) is 14.5 Å². The summed E-state index contributed by atoms with van der Waals surface area (Å²) in [5.41, 5.74) is 1.11. The van der Waals surface area contributed by atoms with E-state index in [1.807, 2.05) is 12.1 Å². The number of pyridine rings is 1. The third-order valence-electron chi connectivity index (χ3n) is 4.10. The first kappa shape index (κ1) is 18.1. The number of carbonyl (C=O) groups excluding carboxylic acids is 1. The smallest absolute Gasteiger partial charge is 0.256 e. The molecule has 0 radical (unpaired) electrons. The summed E-state index contributed by atoms with van der Waals surface area (Å²) in [5.74, 6) is -0.993. The van der Waals surface area contributed by atoms with Crippen LogP contribution in [0.3, 0.4) is 0 Å². The zero-order valence-electron chi connectivity index (χ0n) is 14.2. The third kappa shape index (κ3) is 4.29. The Labute approximate surface area is 151 Å². The number of benzene rings is 1. The standard InChI is InChI=1S/C17H19FN4O3S/c1-26(24,25)20-16-3-2-13(18)12-15(16)17(23)22-10-8-21(9-11-22)14-4-6-19-7-5-14/h2-7,12,20H,8-11H2,1H3. The van der Waals surface area contributed by atoms with Crippen LogP contribution in [0.5, 0.6) is 0 Å². The topological polar surface area (TPSA) is 82.6 Å². The van der Waals surface area contributed by atoms with E-state index in [2.05, 4.69) is 14.6 Å². The van der Waals surface area contributed by atoms with E-state index < -0.39 is 21.7 Å². The molecule has 0 aliphatic carbocycles. The van der Waals surface area contributed by atoms with Crippen molar-refractivity contribution in [2.45, 2.75) is 0 Å². The minimum Gasteiger partial charge on any atom is -0.368 e. The molecule has 1 aliphatic rings. The van der Waals surface area contributed by atoms with E-state index in [1.54, 1.807) is 17.3 Å². The third-order valence-corrected chi connectivity index (χ3v) is 4.69. The van der Waals surface area contributed by atoms with E-state index in [-0.39, 0.29) is 11.3 Å². The number of nitrogens with zero attached hydrogens (tertiary/aromatic N) is 3. The number of carbonyl (C=O) groups is 1. The lowest BCUT2D eigenvalue weighted by atomic mass is 10.1. The number of aromatic nitrogens is 1. The molecule has 2 aromatic rings. The van der Waals surface area contributed by atoms with Crippen LogP contribution in [-0.4, -0.2) is 56.6 Å². The number of piperazine rings is 1. The van der Waals surface area contributed by atoms with Crippen molar-refractivity contribution in [2.24, 2.45) is 0 Å². The number of halogens is 1. The molecule has 0 bridgehead atoms. The highest BCUT2D eigenvalue weighted by Gasteiger charge is 2.25. The summed E-state index contributed by atoms with van der Waals surface area (Å²) >= 11 is 0. The highest BCUT2D eigenvalue weighted by atomic mass is 32.2. The van der Waals surface area contributed by atoms with Gasteiger partial charge in [0.05, 0.1) is 17.5 Å². The van der Waals surface area contributed by atoms with Gasteiger partial charge in [-0.2, -0.15) is 0 Å². The highest BCUT2D eigenvalue weighted by Crippen LogP contribution is 2.22. The predicted octanol–water partition coefficient (Wildman–Crippen LogP) is 1.55. The summed E-state index contributed by atoms with van der Waals surface area (Å²) in [6.07, 6.45) is 4.41. The number of amides is 1. The molecule has 138 valence electrons. The fourth-order valence-corrected chi connectivity index (χ4v) is 3.45. The second kappa shape index (κ2) is 7.28. The molecular weight excluding hydrogens is 359 g/mol. The van der Waals surface area contributed by atoms with Gasteiger partial charge in [-0.25, -0.2) is 12.8 Å². The molecule has 0 saturated carbocycles. The van der Waals surface area contributed by atoms with Gasteiger partial charge >= 0.3 is 0 Å². The molecule has 1 aliphatic heterocycles. The van der Waals surface area contributed by atoms with Gasteiger partial charge in [0.1, 0.15) is 5.82 Å². The number of nitrogens with one attached hydrogen (secondary N) is 1. The Balaban J connectivity index is 1.75. The zero-order chi connectivity index (χ0) is 18.7. The lowest BCUT2D eigenvalue weighted by Crippen LogP contribution is -2.49. The van der Waals surface area contributed by atoms with E-state index in [1.165, 1.54) is 6.07 Å². The highest BCUT2D eigenvalue weighted by molar-refractivity contribution is 7.92. The largest absolute Gasteiger partial charge is 0.368 e. The average molecular weight is 378 g/mol. The number of sulfonamides is 1. The number of anilines is 2. The summed E-state index contributed by atoms with van der Waals surface area (Å²) < 4.78 is 38.9. The van der Waals surface area contributed by atoms with Crippen molar-refractivity contribution in [1.82, 2.24) is 9.88 Å². The Hall–Kier alpha value is -2.68. The maximum atomic E-state index is 13.6. The molecular formula is C17H19FN4O3S. The van der Waals surface area contributed by atoms with Gasteiger partial charge in [-0.1, -0.05) is 0 Å². The molecule has 1 amide bonds. The van der Waals surface area contributed by atoms with Crippen LogP contribution in [0, 0.1) is 5.82 Å². The molecule has 0 unspecified atom stereocenters. The number of hydrogen-bond donors (Lipinski definition) is 1. The van der Waals surface area contributed by atoms with Crippen LogP contribution in [0.4, 0.5) is 15.8 Å². The summed E-state index contributed by atoms with van der Waals surface area (Å²) in [7, 11) is -3.58. The molecule has 1 saturated heterocycles. The van der Waals surface area contributed by atoms with Gasteiger partial charge in [-0.05, 0) is 30.3 Å². The Morgan fingerprint density at radius 3 is 2.38 bits per heavy atom. The van der Waals surface area contributed by atoms with E-state index in [9.17, 15) is 17.6 Å². The first-order valence-electron chi connectivity index (χ1n) is 8.05. The molecule has 1 N–H and O–H groups in total. The lowest BCUT2D eigenvalue weighted by Gasteiger charge is -2.36. The van der Waals surface area contributed by atoms with Crippen LogP contribution < -0.4 is 9.62 Å². The maximum Gasteiger partial charge on any atom is 0.256 e. The molecule has 1 fully saturated rings. The molecule has 0 atom stereocenters. The first-order valence-corrected chi connectivity index (χ1v) is 9.94. The second-order valence-corrected chi connectivity index (χ2v) is 7.80. The first-order chi connectivity index (χ1) is 12.3. The molecule has 1 aromatic carbocycles. The van der Waals surface area contributed by atoms with Gasteiger partial charge in [0.15, 0.2) is 0 Å². The van der Waals surface area contributed by atoms with Crippen molar-refractivity contribution in [3.63, 3.8) is 0 Å². The van der Waals surface area contributed by atoms with Gasteiger partial charge in [0, 0.05) is 44.3 Å². The SMILES string of the molecule is CS(=O)(=O)Nc1ccc(F)cc1C(=O)N1CCN(c2ccncc2)CC1. The van der Waals surface area contributed by atoms with Gasteiger partial charge in [-0.15, -0.1) is 0 Å². The second-order valence-electron chi connectivity index (χ2n) is 6.05. The van der Waals surface area contributed by atoms with Crippen molar-refractivity contribution in [1.29, 1.82) is 0 Å². The molecule has 3 rings (SSSR count). The van der Waals surface area contributed by atoms with E-state index in [0.717, 1.165) is 24.1 Å². The van der Waals surface area contributed by atoms with Crippen molar-refractivity contribution in [2.75, 3.05) is 42.1 Å². The monoisotopic (exact) mass is 378 g/mol. The normalized spacial score (nSPS) is 15.0. The summed E-state index contributed by atoms with van der Waals surface area (Å²) in [4.78, 5) is 20.5. The Bertz CT molecular complexity index is 897. The minimum atomic E-state index is -3.58. The van der Waals surface area contributed by atoms with Gasteiger partial charge < -0.3 is 9.80 Å². The van der Waals surface area contributed by atoms with E-state index in [0.29, 0.717) is 26.2 Å². The Morgan fingerprint density at radius 1 is 1.12 bits per heavy atom. The summed E-state index contributed by atoms with van der Waals surface area (Å²) in [5, 5.41) is 0. The minimum absolute atomic E-state index is 0.00721. The van der Waals surface area contributed by atoms with Crippen molar-refractivity contribution < 1.29 is 17.6 Å². The number of rotatable bonds is 4. The van der Waals surface area contributed by atoms with Gasteiger partial charge in [0.2, 0.25) is 10.0 Å². The molecule has 2 heterocycles. The van der Waals surface area contributed by atoms with E-state index >= 15 is 0 Å². The maximum absolute atomic E-state index is 13.6.